The second-order valence-electron chi connectivity index (χ2n) is 6.09. The van der Waals surface area contributed by atoms with E-state index in [1.54, 1.807) is 0 Å². The van der Waals surface area contributed by atoms with E-state index in [4.69, 9.17) is 0 Å². The Kier molecular flexibility index (Phi) is 15.9. The van der Waals surface area contributed by atoms with Crippen molar-refractivity contribution in [2.24, 2.45) is 0 Å². The van der Waals surface area contributed by atoms with E-state index in [9.17, 15) is 9.90 Å². The van der Waals surface area contributed by atoms with Gasteiger partial charge in [0, 0.05) is 6.42 Å². The lowest BCUT2D eigenvalue weighted by molar-refractivity contribution is -0.140. The SMILES string of the molecule is CCCCC(O)C/C=C\CCCCCCCCCC(=O)OC. The number of allylic oxidation sites excluding steroid dienone is 1. The highest BCUT2D eigenvalue weighted by Crippen LogP contribution is 2.11. The van der Waals surface area contributed by atoms with Crippen molar-refractivity contribution in [3.05, 3.63) is 12.2 Å². The monoisotopic (exact) mass is 312 g/mol. The first kappa shape index (κ1) is 21.2. The third-order valence-corrected chi connectivity index (χ3v) is 3.95. The molecule has 0 rings (SSSR count). The van der Waals surface area contributed by atoms with Gasteiger partial charge < -0.3 is 9.84 Å². The number of aliphatic hydroxyl groups excluding tert-OH is 1. The molecule has 0 heterocycles. The molecule has 0 aromatic rings. The van der Waals surface area contributed by atoms with Crippen molar-refractivity contribution in [2.75, 3.05) is 7.11 Å². The summed E-state index contributed by atoms with van der Waals surface area (Å²) in [6, 6.07) is 0. The molecule has 130 valence electrons. The average Bonchev–Trinajstić information content (AvgIpc) is 2.53. The summed E-state index contributed by atoms with van der Waals surface area (Å²) in [6.07, 6.45) is 18.3. The number of hydrogen-bond donors (Lipinski definition) is 1. The summed E-state index contributed by atoms with van der Waals surface area (Å²) in [5.41, 5.74) is 0. The summed E-state index contributed by atoms with van der Waals surface area (Å²) < 4.78 is 4.61. The Bertz CT molecular complexity index is 274. The Hall–Kier alpha value is -0.830. The lowest BCUT2D eigenvalue weighted by Gasteiger charge is -2.05. The predicted molar refractivity (Wildman–Crippen MR) is 92.9 cm³/mol. The number of unbranched alkanes of at least 4 members (excludes halogenated alkanes) is 8. The van der Waals surface area contributed by atoms with E-state index in [2.05, 4.69) is 23.8 Å². The van der Waals surface area contributed by atoms with Gasteiger partial charge in [-0.15, -0.1) is 0 Å². The van der Waals surface area contributed by atoms with Gasteiger partial charge in [0.1, 0.15) is 0 Å². The number of aliphatic hydroxyl groups is 1. The van der Waals surface area contributed by atoms with E-state index in [0.29, 0.717) is 6.42 Å². The summed E-state index contributed by atoms with van der Waals surface area (Å²) in [7, 11) is 1.45. The Morgan fingerprint density at radius 2 is 1.64 bits per heavy atom. The zero-order valence-electron chi connectivity index (χ0n) is 14.7. The number of rotatable bonds is 15. The van der Waals surface area contributed by atoms with Gasteiger partial charge in [0.15, 0.2) is 0 Å². The van der Waals surface area contributed by atoms with E-state index < -0.39 is 0 Å². The number of methoxy groups -OCH3 is 1. The van der Waals surface area contributed by atoms with Crippen LogP contribution in [0, 0.1) is 0 Å². The van der Waals surface area contributed by atoms with Crippen LogP contribution in [-0.2, 0) is 9.53 Å². The van der Waals surface area contributed by atoms with Gasteiger partial charge in [-0.05, 0) is 32.1 Å². The minimum atomic E-state index is -0.152. The maximum Gasteiger partial charge on any atom is 0.305 e. The maximum atomic E-state index is 10.9. The molecule has 0 aliphatic carbocycles. The van der Waals surface area contributed by atoms with Gasteiger partial charge in [-0.25, -0.2) is 0 Å². The fourth-order valence-electron chi connectivity index (χ4n) is 2.45. The molecule has 0 saturated heterocycles. The smallest absolute Gasteiger partial charge is 0.305 e. The second-order valence-corrected chi connectivity index (χ2v) is 6.09. The molecule has 0 saturated carbocycles. The van der Waals surface area contributed by atoms with Gasteiger partial charge in [-0.1, -0.05) is 64.0 Å². The molecule has 0 aliphatic heterocycles. The third kappa shape index (κ3) is 15.6. The molecule has 0 aliphatic rings. The van der Waals surface area contributed by atoms with Crippen LogP contribution in [0.25, 0.3) is 0 Å². The fourth-order valence-corrected chi connectivity index (χ4v) is 2.45. The largest absolute Gasteiger partial charge is 0.469 e. The molecule has 0 fully saturated rings. The van der Waals surface area contributed by atoms with Gasteiger partial charge in [-0.2, -0.15) is 0 Å². The van der Waals surface area contributed by atoms with Gasteiger partial charge in [0.25, 0.3) is 0 Å². The van der Waals surface area contributed by atoms with Crippen LogP contribution in [0.2, 0.25) is 0 Å². The highest BCUT2D eigenvalue weighted by atomic mass is 16.5. The van der Waals surface area contributed by atoms with Crippen LogP contribution in [0.5, 0.6) is 0 Å². The van der Waals surface area contributed by atoms with Crippen LogP contribution in [-0.4, -0.2) is 24.3 Å². The number of carbonyl (C=O) groups is 1. The molecule has 0 spiro atoms. The van der Waals surface area contributed by atoms with Crippen LogP contribution in [0.3, 0.4) is 0 Å². The van der Waals surface area contributed by atoms with Crippen LogP contribution >= 0.6 is 0 Å². The lowest BCUT2D eigenvalue weighted by Crippen LogP contribution is -2.03. The predicted octanol–water partition coefficient (Wildman–Crippen LogP) is 5.17. The molecule has 22 heavy (non-hydrogen) atoms. The Morgan fingerprint density at radius 3 is 2.27 bits per heavy atom. The van der Waals surface area contributed by atoms with Crippen LogP contribution in [0.1, 0.15) is 90.4 Å². The topological polar surface area (TPSA) is 46.5 Å². The van der Waals surface area contributed by atoms with Crippen LogP contribution in [0.4, 0.5) is 0 Å². The Labute approximate surface area is 137 Å². The summed E-state index contributed by atoms with van der Waals surface area (Å²) in [5.74, 6) is -0.0911. The molecule has 1 atom stereocenters. The van der Waals surface area contributed by atoms with E-state index >= 15 is 0 Å². The maximum absolute atomic E-state index is 10.9. The fraction of sp³-hybridized carbons (Fsp3) is 0.842. The highest BCUT2D eigenvalue weighted by molar-refractivity contribution is 5.68. The summed E-state index contributed by atoms with van der Waals surface area (Å²) in [5, 5.41) is 9.69. The molecule has 1 unspecified atom stereocenters. The molecular weight excluding hydrogens is 276 g/mol. The van der Waals surface area contributed by atoms with Gasteiger partial charge in [-0.3, -0.25) is 4.79 Å². The van der Waals surface area contributed by atoms with E-state index in [-0.39, 0.29) is 12.1 Å². The molecule has 0 radical (unpaired) electrons. The van der Waals surface area contributed by atoms with Crippen molar-refractivity contribution in [2.45, 2.75) is 96.5 Å². The Balaban J connectivity index is 3.21. The second kappa shape index (κ2) is 16.5. The van der Waals surface area contributed by atoms with E-state index in [0.717, 1.165) is 44.9 Å². The number of esters is 1. The van der Waals surface area contributed by atoms with Crippen molar-refractivity contribution in [1.29, 1.82) is 0 Å². The quantitative estimate of drug-likeness (QED) is 0.258. The van der Waals surface area contributed by atoms with Gasteiger partial charge in [0.05, 0.1) is 13.2 Å². The molecule has 0 amide bonds. The number of ether oxygens (including phenoxy) is 1. The lowest BCUT2D eigenvalue weighted by atomic mass is 10.1. The highest BCUT2D eigenvalue weighted by Gasteiger charge is 2.00. The molecular formula is C19H36O3. The summed E-state index contributed by atoms with van der Waals surface area (Å²) in [6.45, 7) is 2.15. The molecule has 3 heteroatoms. The molecule has 3 nitrogen and oxygen atoms in total. The van der Waals surface area contributed by atoms with Crippen molar-refractivity contribution >= 4 is 5.97 Å². The first-order valence-corrected chi connectivity index (χ1v) is 9.10. The van der Waals surface area contributed by atoms with Gasteiger partial charge in [0.2, 0.25) is 0 Å². The van der Waals surface area contributed by atoms with E-state index in [1.165, 1.54) is 39.2 Å². The average molecular weight is 312 g/mol. The first-order valence-electron chi connectivity index (χ1n) is 9.10. The molecule has 0 aromatic heterocycles. The minimum absolute atomic E-state index is 0.0911. The zero-order chi connectivity index (χ0) is 16.5. The molecule has 0 aromatic carbocycles. The third-order valence-electron chi connectivity index (χ3n) is 3.95. The normalized spacial score (nSPS) is 12.7. The summed E-state index contributed by atoms with van der Waals surface area (Å²) >= 11 is 0. The first-order chi connectivity index (χ1) is 10.7. The molecule has 0 bridgehead atoms. The Morgan fingerprint density at radius 1 is 1.00 bits per heavy atom. The van der Waals surface area contributed by atoms with Crippen LogP contribution < -0.4 is 0 Å². The van der Waals surface area contributed by atoms with Gasteiger partial charge >= 0.3 is 5.97 Å². The zero-order valence-corrected chi connectivity index (χ0v) is 14.7. The number of carbonyl (C=O) groups excluding carboxylic acids is 1. The van der Waals surface area contributed by atoms with Crippen molar-refractivity contribution in [3.8, 4) is 0 Å². The van der Waals surface area contributed by atoms with Crippen molar-refractivity contribution < 1.29 is 14.6 Å². The molecule has 1 N–H and O–H groups in total. The van der Waals surface area contributed by atoms with Crippen molar-refractivity contribution in [3.63, 3.8) is 0 Å². The minimum Gasteiger partial charge on any atom is -0.469 e. The number of hydrogen-bond acceptors (Lipinski definition) is 3. The van der Waals surface area contributed by atoms with E-state index in [1.807, 2.05) is 0 Å². The summed E-state index contributed by atoms with van der Waals surface area (Å²) in [4.78, 5) is 10.9. The van der Waals surface area contributed by atoms with Crippen molar-refractivity contribution in [1.82, 2.24) is 0 Å². The van der Waals surface area contributed by atoms with Crippen LogP contribution in [0.15, 0.2) is 12.2 Å². The standard InChI is InChI=1S/C19H36O3/c1-3-4-15-18(20)16-13-11-9-7-5-6-8-10-12-14-17-19(21)22-2/h11,13,18,20H,3-10,12,14-17H2,1-2H3/b13-11-.